The summed E-state index contributed by atoms with van der Waals surface area (Å²) in [7, 11) is 0. The van der Waals surface area contributed by atoms with Gasteiger partial charge < -0.3 is 0 Å². The standard InChI is InChI=1S/C8H5Cl8P/c9-7(10,11)17(15,16,8(12,13)14)6-4-2-1-3-5-6/h1-5H. The average Bonchev–Trinajstić information content (AvgIpc) is 2.15. The number of alkyl halides is 6. The molecular weight excluding hydrogens is 411 g/mol. The van der Waals surface area contributed by atoms with Crippen LogP contribution in [0, 0.1) is 0 Å². The van der Waals surface area contributed by atoms with Crippen molar-refractivity contribution in [1.29, 1.82) is 0 Å². The Hall–Kier alpha value is 1.97. The quantitative estimate of drug-likeness (QED) is 0.348. The fraction of sp³-hybridized carbons (Fsp3) is 0.250. The molecule has 0 aliphatic carbocycles. The van der Waals surface area contributed by atoms with Gasteiger partial charge in [0.2, 0.25) is 0 Å². The van der Waals surface area contributed by atoms with Crippen LogP contribution in [0.5, 0.6) is 0 Å². The Balaban J connectivity index is 3.65. The van der Waals surface area contributed by atoms with Crippen LogP contribution in [-0.4, -0.2) is 7.07 Å². The van der Waals surface area contributed by atoms with E-state index in [9.17, 15) is 0 Å². The normalized spacial score (nSPS) is 16.4. The minimum absolute atomic E-state index is 0.293. The van der Waals surface area contributed by atoms with E-state index >= 15 is 0 Å². The number of hydrogen-bond donors (Lipinski definition) is 0. The molecule has 0 N–H and O–H groups in total. The van der Waals surface area contributed by atoms with Crippen LogP contribution in [0.1, 0.15) is 0 Å². The van der Waals surface area contributed by atoms with Crippen molar-refractivity contribution < 1.29 is 0 Å². The fourth-order valence-electron chi connectivity index (χ4n) is 1.13. The van der Waals surface area contributed by atoms with Crippen molar-refractivity contribution in [2.75, 3.05) is 0 Å². The summed E-state index contributed by atoms with van der Waals surface area (Å²) in [6.45, 7) is 0. The Morgan fingerprint density at radius 3 is 1.35 bits per heavy atom. The first-order chi connectivity index (χ1) is 7.42. The summed E-state index contributed by atoms with van der Waals surface area (Å²) in [5.41, 5.74) is 0. The van der Waals surface area contributed by atoms with E-state index in [1.807, 2.05) is 0 Å². The van der Waals surface area contributed by atoms with Crippen LogP contribution in [-0.2, 0) is 0 Å². The van der Waals surface area contributed by atoms with Gasteiger partial charge in [0.05, 0.1) is 0 Å². The van der Waals surface area contributed by atoms with Gasteiger partial charge >= 0.3 is 140 Å². The van der Waals surface area contributed by atoms with Crippen LogP contribution in [0.3, 0.4) is 0 Å². The Kier molecular flexibility index (Phi) is 5.07. The first kappa shape index (κ1) is 17.0. The van der Waals surface area contributed by atoms with E-state index in [0.717, 1.165) is 0 Å². The van der Waals surface area contributed by atoms with E-state index in [2.05, 4.69) is 0 Å². The van der Waals surface area contributed by atoms with Crippen LogP contribution >= 0.6 is 97.4 Å². The maximum absolute atomic E-state index is 6.38. The fourth-order valence-corrected chi connectivity index (χ4v) is 8.58. The summed E-state index contributed by atoms with van der Waals surface area (Å²) in [6, 6.07) is 8.18. The molecule has 1 aromatic rings. The van der Waals surface area contributed by atoms with Crippen molar-refractivity contribution in [2.24, 2.45) is 0 Å². The molecule has 0 fully saturated rings. The van der Waals surface area contributed by atoms with Crippen molar-refractivity contribution in [3.8, 4) is 0 Å². The van der Waals surface area contributed by atoms with Gasteiger partial charge in [0.1, 0.15) is 0 Å². The zero-order chi connectivity index (χ0) is 13.6. The van der Waals surface area contributed by atoms with Crippen LogP contribution in [0.4, 0.5) is 0 Å². The van der Waals surface area contributed by atoms with Gasteiger partial charge in [0, 0.05) is 0 Å². The van der Waals surface area contributed by atoms with Gasteiger partial charge in [-0.15, -0.1) is 0 Å². The number of rotatable bonds is 1. The molecule has 0 nitrogen and oxygen atoms in total. The SMILES string of the molecule is ClC(Cl)(Cl)P(Cl)(Cl)(c1ccccc1)C(Cl)(Cl)Cl. The van der Waals surface area contributed by atoms with E-state index in [-0.39, 0.29) is 0 Å². The topological polar surface area (TPSA) is 0 Å². The average molecular weight is 416 g/mol. The van der Waals surface area contributed by atoms with Gasteiger partial charge in [-0.25, -0.2) is 0 Å². The van der Waals surface area contributed by atoms with Crippen LogP contribution < -0.4 is 5.30 Å². The second-order valence-corrected chi connectivity index (χ2v) is 17.6. The predicted molar refractivity (Wildman–Crippen MR) is 85.3 cm³/mol. The van der Waals surface area contributed by atoms with Gasteiger partial charge in [0.15, 0.2) is 0 Å². The molecule has 0 spiro atoms. The molecule has 0 unspecified atom stereocenters. The van der Waals surface area contributed by atoms with Crippen molar-refractivity contribution in [2.45, 2.75) is 7.07 Å². The Bertz CT molecular complexity index is 386. The third-order valence-electron chi connectivity index (χ3n) is 2.10. The molecule has 0 aliphatic heterocycles. The zero-order valence-electron chi connectivity index (χ0n) is 7.86. The molecular formula is C8H5Cl8P. The molecule has 0 radical (unpaired) electrons. The van der Waals surface area contributed by atoms with Gasteiger partial charge in [-0.05, 0) is 0 Å². The first-order valence-electron chi connectivity index (χ1n) is 4.05. The Labute approximate surface area is 139 Å². The summed E-state index contributed by atoms with van der Waals surface area (Å²) in [6.07, 6.45) is 0. The molecule has 0 bridgehead atoms. The van der Waals surface area contributed by atoms with Crippen LogP contribution in [0.2, 0.25) is 0 Å². The second kappa shape index (κ2) is 5.06. The monoisotopic (exact) mass is 412 g/mol. The van der Waals surface area contributed by atoms with E-state index in [1.54, 1.807) is 30.3 Å². The molecule has 17 heavy (non-hydrogen) atoms. The summed E-state index contributed by atoms with van der Waals surface area (Å²) in [5.74, 6) is 0. The number of halogens is 8. The minimum atomic E-state index is -4.48. The first-order valence-corrected chi connectivity index (χ1v) is 10.4. The molecule has 0 saturated heterocycles. The van der Waals surface area contributed by atoms with E-state index < -0.39 is 12.4 Å². The Morgan fingerprint density at radius 2 is 1.06 bits per heavy atom. The molecule has 1 aromatic carbocycles. The molecule has 0 aliphatic rings. The van der Waals surface area contributed by atoms with Crippen molar-refractivity contribution in [3.05, 3.63) is 30.3 Å². The third kappa shape index (κ3) is 2.60. The second-order valence-electron chi connectivity index (χ2n) is 3.18. The molecule has 0 heterocycles. The maximum atomic E-state index is 6.38. The number of hydrogen-bond acceptors (Lipinski definition) is 0. The van der Waals surface area contributed by atoms with E-state index in [1.165, 1.54) is 0 Å². The summed E-state index contributed by atoms with van der Waals surface area (Å²) < 4.78 is -4.28. The molecule has 98 valence electrons. The van der Waals surface area contributed by atoms with Crippen LogP contribution in [0.15, 0.2) is 30.3 Å². The molecule has 0 atom stereocenters. The van der Waals surface area contributed by atoms with Crippen molar-refractivity contribution in [3.63, 3.8) is 0 Å². The molecule has 9 heteroatoms. The van der Waals surface area contributed by atoms with Gasteiger partial charge in [-0.1, -0.05) is 0 Å². The molecule has 0 amide bonds. The van der Waals surface area contributed by atoms with Crippen molar-refractivity contribution in [1.82, 2.24) is 0 Å². The molecule has 1 rings (SSSR count). The predicted octanol–water partition coefficient (Wildman–Crippen LogP) is 6.83. The number of benzene rings is 1. The Morgan fingerprint density at radius 1 is 0.706 bits per heavy atom. The van der Waals surface area contributed by atoms with Gasteiger partial charge in [0.25, 0.3) is 0 Å². The summed E-state index contributed by atoms with van der Waals surface area (Å²) in [4.78, 5) is 0. The third-order valence-corrected chi connectivity index (χ3v) is 18.5. The van der Waals surface area contributed by atoms with E-state index in [0.29, 0.717) is 5.30 Å². The summed E-state index contributed by atoms with van der Waals surface area (Å²) in [5, 5.41) is -4.19. The molecule has 0 saturated carbocycles. The zero-order valence-corrected chi connectivity index (χ0v) is 14.8. The van der Waals surface area contributed by atoms with Crippen LogP contribution in [0.25, 0.3) is 0 Å². The van der Waals surface area contributed by atoms with E-state index in [4.69, 9.17) is 92.1 Å². The molecule has 0 aromatic heterocycles. The van der Waals surface area contributed by atoms with Gasteiger partial charge in [-0.2, -0.15) is 0 Å². The summed E-state index contributed by atoms with van der Waals surface area (Å²) >= 11 is 48.0. The van der Waals surface area contributed by atoms with Gasteiger partial charge in [-0.3, -0.25) is 0 Å². The van der Waals surface area contributed by atoms with Crippen molar-refractivity contribution >= 4 is 103 Å².